The molecule has 0 unspecified atom stereocenters. The Kier molecular flexibility index (Phi) is 7.48. The van der Waals surface area contributed by atoms with Crippen LogP contribution in [-0.2, 0) is 0 Å². The van der Waals surface area contributed by atoms with Gasteiger partial charge in [0.1, 0.15) is 18.1 Å². The summed E-state index contributed by atoms with van der Waals surface area (Å²) in [5, 5.41) is 0. The van der Waals surface area contributed by atoms with E-state index in [0.717, 1.165) is 5.56 Å². The number of carbonyl (C=O) groups is 1. The SMILES string of the molecule is C=CCOc1ccc(C(=O)Oc2ccc(C)cc2)cc1.CC. The molecule has 116 valence electrons. The molecule has 0 aliphatic carbocycles. The van der Waals surface area contributed by atoms with Crippen molar-refractivity contribution in [3.63, 3.8) is 0 Å². The fourth-order valence-corrected chi connectivity index (χ4v) is 1.61. The monoisotopic (exact) mass is 298 g/mol. The predicted octanol–water partition coefficient (Wildman–Crippen LogP) is 4.81. The third kappa shape index (κ3) is 5.44. The van der Waals surface area contributed by atoms with Gasteiger partial charge in [-0.15, -0.1) is 0 Å². The molecule has 0 N–H and O–H groups in total. The minimum Gasteiger partial charge on any atom is -0.490 e. The van der Waals surface area contributed by atoms with Gasteiger partial charge in [0.15, 0.2) is 0 Å². The van der Waals surface area contributed by atoms with E-state index in [-0.39, 0.29) is 5.97 Å². The largest absolute Gasteiger partial charge is 0.490 e. The van der Waals surface area contributed by atoms with E-state index < -0.39 is 0 Å². The van der Waals surface area contributed by atoms with Crippen LogP contribution in [0.4, 0.5) is 0 Å². The first-order valence-corrected chi connectivity index (χ1v) is 7.31. The van der Waals surface area contributed by atoms with Gasteiger partial charge in [0.05, 0.1) is 5.56 Å². The van der Waals surface area contributed by atoms with Crippen LogP contribution in [0.1, 0.15) is 29.8 Å². The molecule has 0 aromatic heterocycles. The molecule has 0 bridgehead atoms. The van der Waals surface area contributed by atoms with Crippen molar-refractivity contribution in [2.45, 2.75) is 20.8 Å². The Morgan fingerprint density at radius 1 is 1.00 bits per heavy atom. The highest BCUT2D eigenvalue weighted by Gasteiger charge is 2.08. The van der Waals surface area contributed by atoms with Crippen LogP contribution in [0.3, 0.4) is 0 Å². The van der Waals surface area contributed by atoms with Gasteiger partial charge in [-0.05, 0) is 43.3 Å². The molecular formula is C19H22O3. The van der Waals surface area contributed by atoms with Crippen molar-refractivity contribution in [1.29, 1.82) is 0 Å². The lowest BCUT2D eigenvalue weighted by atomic mass is 10.2. The third-order valence-corrected chi connectivity index (χ3v) is 2.69. The normalized spacial score (nSPS) is 9.23. The number of benzene rings is 2. The molecule has 0 spiro atoms. The van der Waals surface area contributed by atoms with Gasteiger partial charge < -0.3 is 9.47 Å². The molecular weight excluding hydrogens is 276 g/mol. The molecule has 3 nitrogen and oxygen atoms in total. The number of carbonyl (C=O) groups excluding carboxylic acids is 1. The van der Waals surface area contributed by atoms with E-state index in [4.69, 9.17) is 9.47 Å². The minimum absolute atomic E-state index is 0.385. The highest BCUT2D eigenvalue weighted by molar-refractivity contribution is 5.91. The summed E-state index contributed by atoms with van der Waals surface area (Å²) in [5.41, 5.74) is 1.60. The second-order valence-corrected chi connectivity index (χ2v) is 4.33. The summed E-state index contributed by atoms with van der Waals surface area (Å²) in [6.07, 6.45) is 1.67. The van der Waals surface area contributed by atoms with Gasteiger partial charge in [-0.1, -0.05) is 44.2 Å². The first kappa shape index (κ1) is 17.5. The Labute approximate surface area is 132 Å². The van der Waals surface area contributed by atoms with Crippen LogP contribution >= 0.6 is 0 Å². The average Bonchev–Trinajstić information content (AvgIpc) is 2.57. The highest BCUT2D eigenvalue weighted by atomic mass is 16.5. The Balaban J connectivity index is 0.00000116. The number of hydrogen-bond acceptors (Lipinski definition) is 3. The van der Waals surface area contributed by atoms with E-state index in [1.807, 2.05) is 32.9 Å². The Hall–Kier alpha value is -2.55. The molecule has 0 heterocycles. The van der Waals surface area contributed by atoms with Gasteiger partial charge in [-0.2, -0.15) is 0 Å². The zero-order valence-corrected chi connectivity index (χ0v) is 13.3. The maximum atomic E-state index is 11.9. The topological polar surface area (TPSA) is 35.5 Å². The molecule has 0 aliphatic rings. The molecule has 0 saturated carbocycles. The molecule has 3 heteroatoms. The van der Waals surface area contributed by atoms with Gasteiger partial charge >= 0.3 is 5.97 Å². The van der Waals surface area contributed by atoms with Crippen LogP contribution in [0.25, 0.3) is 0 Å². The van der Waals surface area contributed by atoms with Crippen molar-refractivity contribution in [2.75, 3.05) is 6.61 Å². The second-order valence-electron chi connectivity index (χ2n) is 4.33. The summed E-state index contributed by atoms with van der Waals surface area (Å²) >= 11 is 0. The molecule has 0 amide bonds. The second kappa shape index (κ2) is 9.40. The van der Waals surface area contributed by atoms with Gasteiger partial charge in [-0.3, -0.25) is 0 Å². The maximum Gasteiger partial charge on any atom is 0.343 e. The number of hydrogen-bond donors (Lipinski definition) is 0. The molecule has 0 fully saturated rings. The molecule has 0 saturated heterocycles. The van der Waals surface area contributed by atoms with E-state index in [2.05, 4.69) is 6.58 Å². The molecule has 0 radical (unpaired) electrons. The Morgan fingerprint density at radius 2 is 1.55 bits per heavy atom. The summed E-state index contributed by atoms with van der Waals surface area (Å²) in [4.78, 5) is 11.9. The van der Waals surface area contributed by atoms with Crippen molar-refractivity contribution in [3.8, 4) is 11.5 Å². The van der Waals surface area contributed by atoms with E-state index >= 15 is 0 Å². The fraction of sp³-hybridized carbons (Fsp3) is 0.211. The van der Waals surface area contributed by atoms with Gasteiger partial charge in [0.25, 0.3) is 0 Å². The number of ether oxygens (including phenoxy) is 2. The van der Waals surface area contributed by atoms with E-state index in [9.17, 15) is 4.79 Å². The standard InChI is InChI=1S/C17H16O3.C2H6/c1-3-12-19-15-10-6-14(7-11-15)17(18)20-16-8-4-13(2)5-9-16;1-2/h3-11H,1,12H2,2H3;1-2H3. The molecule has 2 rings (SSSR count). The number of rotatable bonds is 5. The van der Waals surface area contributed by atoms with Crippen molar-refractivity contribution < 1.29 is 14.3 Å². The summed E-state index contributed by atoms with van der Waals surface area (Å²) in [6, 6.07) is 14.2. The van der Waals surface area contributed by atoms with Crippen LogP contribution in [0.5, 0.6) is 11.5 Å². The lowest BCUT2D eigenvalue weighted by Crippen LogP contribution is -2.08. The lowest BCUT2D eigenvalue weighted by Gasteiger charge is -2.06. The van der Waals surface area contributed by atoms with Crippen LogP contribution in [0, 0.1) is 6.92 Å². The highest BCUT2D eigenvalue weighted by Crippen LogP contribution is 2.16. The predicted molar refractivity (Wildman–Crippen MR) is 89.6 cm³/mol. The summed E-state index contributed by atoms with van der Waals surface area (Å²) in [5.74, 6) is 0.841. The Bertz CT molecular complexity index is 583. The fourth-order valence-electron chi connectivity index (χ4n) is 1.61. The van der Waals surface area contributed by atoms with E-state index in [1.165, 1.54) is 0 Å². The van der Waals surface area contributed by atoms with Crippen molar-refractivity contribution in [3.05, 3.63) is 72.3 Å². The molecule has 0 atom stereocenters. The first-order chi connectivity index (χ1) is 10.7. The number of aryl methyl sites for hydroxylation is 1. The zero-order valence-electron chi connectivity index (χ0n) is 13.3. The van der Waals surface area contributed by atoms with Gasteiger partial charge in [0, 0.05) is 0 Å². The zero-order chi connectivity index (χ0) is 16.4. The summed E-state index contributed by atoms with van der Waals surface area (Å²) in [6.45, 7) is 9.99. The van der Waals surface area contributed by atoms with Crippen molar-refractivity contribution in [1.82, 2.24) is 0 Å². The van der Waals surface area contributed by atoms with Crippen molar-refractivity contribution >= 4 is 5.97 Å². The minimum atomic E-state index is -0.385. The summed E-state index contributed by atoms with van der Waals surface area (Å²) < 4.78 is 10.6. The van der Waals surface area contributed by atoms with Crippen LogP contribution in [0.15, 0.2) is 61.2 Å². The maximum absolute atomic E-state index is 11.9. The molecule has 2 aromatic rings. The van der Waals surface area contributed by atoms with Crippen molar-refractivity contribution in [2.24, 2.45) is 0 Å². The van der Waals surface area contributed by atoms with E-state index in [0.29, 0.717) is 23.7 Å². The molecule has 2 aromatic carbocycles. The van der Waals surface area contributed by atoms with Crippen LogP contribution < -0.4 is 9.47 Å². The average molecular weight is 298 g/mol. The summed E-state index contributed by atoms with van der Waals surface area (Å²) in [7, 11) is 0. The number of esters is 1. The molecule has 0 aliphatic heterocycles. The van der Waals surface area contributed by atoms with Crippen LogP contribution in [0.2, 0.25) is 0 Å². The lowest BCUT2D eigenvalue weighted by molar-refractivity contribution is 0.0734. The third-order valence-electron chi connectivity index (χ3n) is 2.69. The van der Waals surface area contributed by atoms with E-state index in [1.54, 1.807) is 42.5 Å². The smallest absolute Gasteiger partial charge is 0.343 e. The van der Waals surface area contributed by atoms with Gasteiger partial charge in [0.2, 0.25) is 0 Å². The molecule has 22 heavy (non-hydrogen) atoms. The van der Waals surface area contributed by atoms with Gasteiger partial charge in [-0.25, -0.2) is 4.79 Å². The van der Waals surface area contributed by atoms with Crippen LogP contribution in [-0.4, -0.2) is 12.6 Å². The first-order valence-electron chi connectivity index (χ1n) is 7.31. The quantitative estimate of drug-likeness (QED) is 0.451. The Morgan fingerprint density at radius 3 is 2.09 bits per heavy atom.